The first-order valence-electron chi connectivity index (χ1n) is 3.58. The minimum atomic E-state index is -4.26. The SMILES string of the molecule is CC[Si](C)(NC(C)=O)C(F)(F)F. The molecule has 0 rings (SSSR count). The van der Waals surface area contributed by atoms with Crippen molar-refractivity contribution in [2.75, 3.05) is 0 Å². The van der Waals surface area contributed by atoms with E-state index in [1.165, 1.54) is 6.92 Å². The molecule has 12 heavy (non-hydrogen) atoms. The van der Waals surface area contributed by atoms with E-state index in [4.69, 9.17) is 0 Å². The van der Waals surface area contributed by atoms with E-state index < -0.39 is 19.9 Å². The standard InChI is InChI=1S/C6H12F3NOSi/c1-4-12(3,6(7,8)9)10-5(2)11/h4H2,1-3H3,(H,10,11). The Morgan fingerprint density at radius 2 is 1.92 bits per heavy atom. The largest absolute Gasteiger partial charge is 0.382 e. The van der Waals surface area contributed by atoms with E-state index in [1.54, 1.807) is 0 Å². The second-order valence-corrected chi connectivity index (χ2v) is 7.05. The molecule has 0 aromatic heterocycles. The quantitative estimate of drug-likeness (QED) is 0.675. The summed E-state index contributed by atoms with van der Waals surface area (Å²) in [7, 11) is -3.59. The van der Waals surface area contributed by atoms with Gasteiger partial charge >= 0.3 is 5.80 Å². The maximum atomic E-state index is 12.3. The Morgan fingerprint density at radius 3 is 2.00 bits per heavy atom. The van der Waals surface area contributed by atoms with Crippen LogP contribution in [-0.2, 0) is 4.79 Å². The molecule has 0 aliphatic heterocycles. The van der Waals surface area contributed by atoms with Crippen LogP contribution >= 0.6 is 0 Å². The van der Waals surface area contributed by atoms with Crippen LogP contribution in [0, 0.1) is 0 Å². The van der Waals surface area contributed by atoms with E-state index in [9.17, 15) is 18.0 Å². The van der Waals surface area contributed by atoms with Gasteiger partial charge < -0.3 is 4.98 Å². The van der Waals surface area contributed by atoms with Gasteiger partial charge in [0.05, 0.1) is 0 Å². The van der Waals surface area contributed by atoms with Crippen molar-refractivity contribution in [1.82, 2.24) is 4.98 Å². The average Bonchev–Trinajstić information content (AvgIpc) is 1.83. The zero-order valence-corrected chi connectivity index (χ0v) is 8.25. The Bertz CT molecular complexity index is 182. The van der Waals surface area contributed by atoms with Crippen LogP contribution < -0.4 is 4.98 Å². The highest BCUT2D eigenvalue weighted by Crippen LogP contribution is 2.29. The molecular weight excluding hydrogens is 187 g/mol. The fourth-order valence-corrected chi connectivity index (χ4v) is 2.24. The third kappa shape index (κ3) is 2.51. The summed E-state index contributed by atoms with van der Waals surface area (Å²) in [5, 5.41) is 0. The van der Waals surface area contributed by atoms with Crippen molar-refractivity contribution in [1.29, 1.82) is 0 Å². The number of alkyl halides is 3. The second-order valence-electron chi connectivity index (χ2n) is 2.86. The zero-order chi connectivity index (χ0) is 9.99. The van der Waals surface area contributed by atoms with Crippen molar-refractivity contribution < 1.29 is 18.0 Å². The Hall–Kier alpha value is -0.523. The molecule has 0 aromatic rings. The smallest absolute Gasteiger partial charge is 0.374 e. The summed E-state index contributed by atoms with van der Waals surface area (Å²) < 4.78 is 36.9. The number of hydrogen-bond acceptors (Lipinski definition) is 1. The molecule has 6 heteroatoms. The molecule has 0 aliphatic rings. The summed E-state index contributed by atoms with van der Waals surface area (Å²) in [5.41, 5.74) is 0. The lowest BCUT2D eigenvalue weighted by molar-refractivity contribution is -0.118. The van der Waals surface area contributed by atoms with Crippen LogP contribution in [0.5, 0.6) is 0 Å². The number of amides is 1. The normalized spacial score (nSPS) is 16.8. The van der Waals surface area contributed by atoms with E-state index in [0.29, 0.717) is 0 Å². The van der Waals surface area contributed by atoms with Crippen molar-refractivity contribution >= 4 is 14.1 Å². The Morgan fingerprint density at radius 1 is 1.50 bits per heavy atom. The number of carbonyl (C=O) groups is 1. The fourth-order valence-electron chi connectivity index (χ4n) is 0.748. The maximum absolute atomic E-state index is 12.3. The Balaban J connectivity index is 4.56. The zero-order valence-electron chi connectivity index (χ0n) is 7.25. The van der Waals surface area contributed by atoms with Crippen molar-refractivity contribution in [2.24, 2.45) is 0 Å². The van der Waals surface area contributed by atoms with Crippen LogP contribution in [0.15, 0.2) is 0 Å². The molecule has 1 N–H and O–H groups in total. The molecule has 0 aromatic carbocycles. The molecule has 0 saturated carbocycles. The van der Waals surface area contributed by atoms with Gasteiger partial charge in [0, 0.05) is 6.92 Å². The molecule has 0 fully saturated rings. The van der Waals surface area contributed by atoms with Crippen LogP contribution in [0.3, 0.4) is 0 Å². The summed E-state index contributed by atoms with van der Waals surface area (Å²) in [6.07, 6.45) is 0. The van der Waals surface area contributed by atoms with Gasteiger partial charge in [-0.05, 0) is 12.6 Å². The maximum Gasteiger partial charge on any atom is 0.382 e. The van der Waals surface area contributed by atoms with Crippen LogP contribution in [0.25, 0.3) is 0 Å². The summed E-state index contributed by atoms with van der Waals surface area (Å²) >= 11 is 0. The molecule has 0 radical (unpaired) electrons. The second kappa shape index (κ2) is 3.47. The van der Waals surface area contributed by atoms with Gasteiger partial charge in [0.25, 0.3) is 8.24 Å². The van der Waals surface area contributed by atoms with Gasteiger partial charge in [0.2, 0.25) is 5.91 Å². The van der Waals surface area contributed by atoms with Crippen LogP contribution in [0.2, 0.25) is 12.6 Å². The van der Waals surface area contributed by atoms with E-state index >= 15 is 0 Å². The number of halogens is 3. The highest BCUT2D eigenvalue weighted by Gasteiger charge is 2.53. The van der Waals surface area contributed by atoms with Crippen LogP contribution in [-0.4, -0.2) is 19.9 Å². The third-order valence-electron chi connectivity index (χ3n) is 1.78. The molecule has 0 saturated heterocycles. The molecule has 2 nitrogen and oxygen atoms in total. The molecule has 0 bridgehead atoms. The first-order valence-corrected chi connectivity index (χ1v) is 6.29. The first kappa shape index (κ1) is 11.5. The van der Waals surface area contributed by atoms with Crippen molar-refractivity contribution in [2.45, 2.75) is 32.2 Å². The molecule has 0 spiro atoms. The fraction of sp³-hybridized carbons (Fsp3) is 0.833. The number of hydrogen-bond donors (Lipinski definition) is 1. The van der Waals surface area contributed by atoms with Crippen molar-refractivity contribution in [3.05, 3.63) is 0 Å². The molecular formula is C6H12F3NOSi. The van der Waals surface area contributed by atoms with E-state index in [-0.39, 0.29) is 6.04 Å². The van der Waals surface area contributed by atoms with E-state index in [1.807, 2.05) is 4.98 Å². The molecule has 1 amide bonds. The highest BCUT2D eigenvalue weighted by molar-refractivity contribution is 6.79. The van der Waals surface area contributed by atoms with Crippen LogP contribution in [0.4, 0.5) is 13.2 Å². The molecule has 72 valence electrons. The van der Waals surface area contributed by atoms with E-state index in [2.05, 4.69) is 0 Å². The highest BCUT2D eigenvalue weighted by atomic mass is 28.3. The predicted octanol–water partition coefficient (Wildman–Crippen LogP) is 1.82. The predicted molar refractivity (Wildman–Crippen MR) is 42.0 cm³/mol. The minimum absolute atomic E-state index is 0.0317. The van der Waals surface area contributed by atoms with Gasteiger partial charge in [0.15, 0.2) is 0 Å². The monoisotopic (exact) mass is 199 g/mol. The summed E-state index contributed by atoms with van der Waals surface area (Å²) in [4.78, 5) is 12.5. The van der Waals surface area contributed by atoms with Gasteiger partial charge in [-0.15, -0.1) is 0 Å². The van der Waals surface area contributed by atoms with Crippen molar-refractivity contribution in [3.8, 4) is 0 Å². The summed E-state index contributed by atoms with van der Waals surface area (Å²) in [6, 6.07) is -0.0317. The summed E-state index contributed by atoms with van der Waals surface area (Å²) in [5.74, 6) is -4.86. The first-order chi connectivity index (χ1) is 5.23. The van der Waals surface area contributed by atoms with Gasteiger partial charge in [0.1, 0.15) is 0 Å². The van der Waals surface area contributed by atoms with Crippen molar-refractivity contribution in [3.63, 3.8) is 0 Å². The van der Waals surface area contributed by atoms with Crippen LogP contribution in [0.1, 0.15) is 13.8 Å². The average molecular weight is 199 g/mol. The third-order valence-corrected chi connectivity index (χ3v) is 5.35. The number of rotatable bonds is 2. The minimum Gasteiger partial charge on any atom is -0.374 e. The molecule has 0 aliphatic carbocycles. The Labute approximate surface area is 70.2 Å². The lowest BCUT2D eigenvalue weighted by Gasteiger charge is -2.28. The number of carbonyl (C=O) groups excluding carboxylic acids is 1. The Kier molecular flexibility index (Phi) is 3.31. The molecule has 0 heterocycles. The van der Waals surface area contributed by atoms with E-state index in [0.717, 1.165) is 13.5 Å². The van der Waals surface area contributed by atoms with Gasteiger partial charge in [-0.2, -0.15) is 13.2 Å². The van der Waals surface area contributed by atoms with Gasteiger partial charge in [-0.3, -0.25) is 4.79 Å². The van der Waals surface area contributed by atoms with Gasteiger partial charge in [-0.1, -0.05) is 6.92 Å². The lowest BCUT2D eigenvalue weighted by atomic mass is 10.8. The molecule has 1 atom stereocenters. The summed E-state index contributed by atoms with van der Waals surface area (Å²) in [6.45, 7) is 3.65. The van der Waals surface area contributed by atoms with Gasteiger partial charge in [-0.25, -0.2) is 0 Å². The lowest BCUT2D eigenvalue weighted by Crippen LogP contribution is -2.60. The number of nitrogens with one attached hydrogen (secondary N) is 1. The topological polar surface area (TPSA) is 29.1 Å². The molecule has 1 unspecified atom stereocenters.